The number of amides is 1. The maximum absolute atomic E-state index is 11.8. The molecule has 3 rings (SSSR count). The van der Waals surface area contributed by atoms with Gasteiger partial charge in [-0.15, -0.1) is 0 Å². The standard InChI is InChI=1S/C13H13N5O2/c1-7(2)13-16-9-5-8(3-4-11(9)20-13)15-12(19)10-6-14-18-17-10/h3-7H,1-2H3,(H,15,19)(H,14,17,18). The topological polar surface area (TPSA) is 96.7 Å². The summed E-state index contributed by atoms with van der Waals surface area (Å²) in [5.41, 5.74) is 2.28. The van der Waals surface area contributed by atoms with Gasteiger partial charge in [0.25, 0.3) is 5.91 Å². The van der Waals surface area contributed by atoms with Crippen molar-refractivity contribution in [3.05, 3.63) is 36.0 Å². The fourth-order valence-corrected chi connectivity index (χ4v) is 1.78. The lowest BCUT2D eigenvalue weighted by Gasteiger charge is -2.01. The Morgan fingerprint density at radius 2 is 2.25 bits per heavy atom. The van der Waals surface area contributed by atoms with Gasteiger partial charge in [0, 0.05) is 11.6 Å². The van der Waals surface area contributed by atoms with Crippen molar-refractivity contribution < 1.29 is 9.21 Å². The highest BCUT2D eigenvalue weighted by molar-refractivity contribution is 6.03. The number of hydrogen-bond acceptors (Lipinski definition) is 5. The van der Waals surface area contributed by atoms with Gasteiger partial charge in [0.2, 0.25) is 0 Å². The molecule has 1 amide bonds. The van der Waals surface area contributed by atoms with Gasteiger partial charge in [-0.2, -0.15) is 15.4 Å². The number of anilines is 1. The Balaban J connectivity index is 1.87. The minimum atomic E-state index is -0.328. The minimum Gasteiger partial charge on any atom is -0.440 e. The van der Waals surface area contributed by atoms with Gasteiger partial charge in [0.05, 0.1) is 6.20 Å². The normalized spacial score (nSPS) is 11.2. The van der Waals surface area contributed by atoms with Crippen LogP contribution >= 0.6 is 0 Å². The van der Waals surface area contributed by atoms with Crippen LogP contribution in [0.15, 0.2) is 28.8 Å². The van der Waals surface area contributed by atoms with Crippen LogP contribution < -0.4 is 5.32 Å². The fourth-order valence-electron chi connectivity index (χ4n) is 1.78. The molecule has 0 fully saturated rings. The molecule has 3 aromatic rings. The molecular formula is C13H13N5O2. The third-order valence-corrected chi connectivity index (χ3v) is 2.80. The molecular weight excluding hydrogens is 258 g/mol. The summed E-state index contributed by atoms with van der Waals surface area (Å²) in [6.07, 6.45) is 1.36. The van der Waals surface area contributed by atoms with Crippen molar-refractivity contribution in [1.82, 2.24) is 20.4 Å². The van der Waals surface area contributed by atoms with Gasteiger partial charge in [-0.05, 0) is 18.2 Å². The van der Waals surface area contributed by atoms with Crippen LogP contribution in [0.3, 0.4) is 0 Å². The summed E-state index contributed by atoms with van der Waals surface area (Å²) in [4.78, 5) is 16.2. The number of nitrogens with one attached hydrogen (secondary N) is 2. The number of nitrogens with zero attached hydrogens (tertiary/aromatic N) is 3. The Morgan fingerprint density at radius 1 is 1.40 bits per heavy atom. The number of carbonyl (C=O) groups is 1. The average Bonchev–Trinajstić information content (AvgIpc) is 3.07. The zero-order valence-electron chi connectivity index (χ0n) is 11.0. The molecule has 7 heteroatoms. The number of oxazole rings is 1. The Hall–Kier alpha value is -2.70. The smallest absolute Gasteiger partial charge is 0.277 e. The summed E-state index contributed by atoms with van der Waals surface area (Å²) in [5.74, 6) is 0.571. The minimum absolute atomic E-state index is 0.218. The average molecular weight is 271 g/mol. The van der Waals surface area contributed by atoms with Crippen LogP contribution in [0.1, 0.15) is 36.1 Å². The predicted octanol–water partition coefficient (Wildman–Crippen LogP) is 2.32. The molecule has 0 aliphatic carbocycles. The van der Waals surface area contributed by atoms with Crippen molar-refractivity contribution in [2.45, 2.75) is 19.8 Å². The fraction of sp³-hybridized carbons (Fsp3) is 0.231. The van der Waals surface area contributed by atoms with Crippen LogP contribution in [0, 0.1) is 0 Å². The van der Waals surface area contributed by atoms with Gasteiger partial charge in [-0.1, -0.05) is 13.8 Å². The largest absolute Gasteiger partial charge is 0.440 e. The van der Waals surface area contributed by atoms with Crippen molar-refractivity contribution >= 4 is 22.7 Å². The highest BCUT2D eigenvalue weighted by Gasteiger charge is 2.12. The van der Waals surface area contributed by atoms with E-state index in [1.807, 2.05) is 13.8 Å². The maximum Gasteiger partial charge on any atom is 0.277 e. The summed E-state index contributed by atoms with van der Waals surface area (Å²) < 4.78 is 5.61. The van der Waals surface area contributed by atoms with Crippen molar-refractivity contribution in [1.29, 1.82) is 0 Å². The van der Waals surface area contributed by atoms with E-state index in [9.17, 15) is 4.79 Å². The molecule has 0 saturated heterocycles. The van der Waals surface area contributed by atoms with Crippen LogP contribution in [-0.2, 0) is 0 Å². The first-order valence-corrected chi connectivity index (χ1v) is 6.21. The van der Waals surface area contributed by atoms with Crippen LogP contribution in [0.25, 0.3) is 11.1 Å². The summed E-state index contributed by atoms with van der Waals surface area (Å²) in [6.45, 7) is 4.02. The van der Waals surface area contributed by atoms with E-state index in [1.165, 1.54) is 6.20 Å². The SMILES string of the molecule is CC(C)c1nc2cc(NC(=O)c3cn[nH]n3)ccc2o1. The first-order chi connectivity index (χ1) is 9.63. The molecule has 2 N–H and O–H groups in total. The molecule has 0 spiro atoms. The van der Waals surface area contributed by atoms with Gasteiger partial charge < -0.3 is 9.73 Å². The molecule has 7 nitrogen and oxygen atoms in total. The van der Waals surface area contributed by atoms with Crippen LogP contribution in [0.4, 0.5) is 5.69 Å². The van der Waals surface area contributed by atoms with Crippen molar-refractivity contribution in [3.63, 3.8) is 0 Å². The molecule has 0 atom stereocenters. The number of benzene rings is 1. The molecule has 0 unspecified atom stereocenters. The summed E-state index contributed by atoms with van der Waals surface area (Å²) in [7, 11) is 0. The third kappa shape index (κ3) is 2.25. The number of fused-ring (bicyclic) bond motifs is 1. The molecule has 0 aliphatic heterocycles. The molecule has 0 aliphatic rings. The van der Waals surface area contributed by atoms with Gasteiger partial charge >= 0.3 is 0 Å². The Kier molecular flexibility index (Phi) is 2.94. The lowest BCUT2D eigenvalue weighted by Crippen LogP contribution is -2.12. The van der Waals surface area contributed by atoms with E-state index in [2.05, 4.69) is 25.7 Å². The molecule has 2 aromatic heterocycles. The first kappa shape index (κ1) is 12.3. The number of hydrogen-bond donors (Lipinski definition) is 2. The first-order valence-electron chi connectivity index (χ1n) is 6.21. The van der Waals surface area contributed by atoms with Gasteiger partial charge in [-0.25, -0.2) is 4.98 Å². The van der Waals surface area contributed by atoms with Crippen molar-refractivity contribution in [3.8, 4) is 0 Å². The number of aromatic amines is 1. The lowest BCUT2D eigenvalue weighted by atomic mass is 10.2. The Morgan fingerprint density at radius 3 is 2.95 bits per heavy atom. The van der Waals surface area contributed by atoms with E-state index in [1.54, 1.807) is 18.2 Å². The lowest BCUT2D eigenvalue weighted by molar-refractivity contribution is 0.102. The van der Waals surface area contributed by atoms with E-state index in [0.29, 0.717) is 22.7 Å². The quantitative estimate of drug-likeness (QED) is 0.762. The van der Waals surface area contributed by atoms with E-state index in [-0.39, 0.29) is 17.5 Å². The summed E-state index contributed by atoms with van der Waals surface area (Å²) in [5, 5.41) is 12.4. The molecule has 20 heavy (non-hydrogen) atoms. The Bertz CT molecular complexity index is 745. The van der Waals surface area contributed by atoms with Crippen molar-refractivity contribution in [2.24, 2.45) is 0 Å². The highest BCUT2D eigenvalue weighted by atomic mass is 16.3. The molecule has 102 valence electrons. The van der Waals surface area contributed by atoms with E-state index >= 15 is 0 Å². The van der Waals surface area contributed by atoms with Crippen LogP contribution in [0.5, 0.6) is 0 Å². The molecule has 0 saturated carbocycles. The zero-order chi connectivity index (χ0) is 14.1. The second-order valence-electron chi connectivity index (χ2n) is 4.70. The predicted molar refractivity (Wildman–Crippen MR) is 72.4 cm³/mol. The van der Waals surface area contributed by atoms with Gasteiger partial charge in [-0.3, -0.25) is 4.79 Å². The number of carbonyl (C=O) groups excluding carboxylic acids is 1. The summed E-state index contributed by atoms with van der Waals surface area (Å²) >= 11 is 0. The van der Waals surface area contributed by atoms with E-state index in [0.717, 1.165) is 0 Å². The molecule has 0 radical (unpaired) electrons. The number of H-pyrrole nitrogens is 1. The van der Waals surface area contributed by atoms with Gasteiger partial charge in [0.15, 0.2) is 17.2 Å². The van der Waals surface area contributed by atoms with Gasteiger partial charge in [0.1, 0.15) is 5.52 Å². The second kappa shape index (κ2) is 4.76. The van der Waals surface area contributed by atoms with Crippen molar-refractivity contribution in [2.75, 3.05) is 5.32 Å². The van der Waals surface area contributed by atoms with Crippen LogP contribution in [-0.4, -0.2) is 26.3 Å². The number of aromatic nitrogens is 4. The molecule has 1 aromatic carbocycles. The monoisotopic (exact) mass is 271 g/mol. The molecule has 0 bridgehead atoms. The zero-order valence-corrected chi connectivity index (χ0v) is 11.0. The van der Waals surface area contributed by atoms with E-state index < -0.39 is 0 Å². The molecule has 2 heterocycles. The maximum atomic E-state index is 11.8. The highest BCUT2D eigenvalue weighted by Crippen LogP contribution is 2.23. The third-order valence-electron chi connectivity index (χ3n) is 2.80. The Labute approximate surface area is 114 Å². The summed E-state index contributed by atoms with van der Waals surface area (Å²) in [6, 6.07) is 5.31. The number of rotatable bonds is 3. The second-order valence-corrected chi connectivity index (χ2v) is 4.70. The van der Waals surface area contributed by atoms with E-state index in [4.69, 9.17) is 4.42 Å². The van der Waals surface area contributed by atoms with Crippen LogP contribution in [0.2, 0.25) is 0 Å².